The Hall–Kier alpha value is -4.53. The summed E-state index contributed by atoms with van der Waals surface area (Å²) in [6.07, 6.45) is 0. The molecule has 4 rings (SSSR count). The number of carbonyl (C=O) groups excluding carboxylic acids is 1. The number of nitrogen functional groups attached to an aromatic ring is 1. The number of nitrogens with zero attached hydrogens (tertiary/aromatic N) is 4. The smallest absolute Gasteiger partial charge is 0.343 e. The lowest BCUT2D eigenvalue weighted by molar-refractivity contribution is 0.207. The van der Waals surface area contributed by atoms with Crippen LogP contribution < -0.4 is 16.1 Å². The van der Waals surface area contributed by atoms with Gasteiger partial charge in [-0.3, -0.25) is 0 Å². The Bertz CT molecular complexity index is 1170. The van der Waals surface area contributed by atoms with E-state index >= 15 is 0 Å². The summed E-state index contributed by atoms with van der Waals surface area (Å²) in [6.45, 7) is 1.75. The number of urea groups is 1. The minimum Gasteiger partial charge on any atom is -0.410 e. The van der Waals surface area contributed by atoms with Crippen molar-refractivity contribution in [1.82, 2.24) is 10.3 Å². The largest absolute Gasteiger partial charge is 0.410 e. The van der Waals surface area contributed by atoms with Gasteiger partial charge in [0.1, 0.15) is 0 Å². The Morgan fingerprint density at radius 1 is 0.906 bits per heavy atom. The molecule has 1 saturated heterocycles. The lowest BCUT2D eigenvalue weighted by atomic mass is 9.99. The molecule has 1 aliphatic heterocycles. The molecule has 5 N–H and O–H groups in total. The van der Waals surface area contributed by atoms with Crippen molar-refractivity contribution in [1.29, 1.82) is 0 Å². The second-order valence-corrected chi connectivity index (χ2v) is 7.32. The summed E-state index contributed by atoms with van der Waals surface area (Å²) in [5.41, 5.74) is 6.88. The monoisotopic (exact) mass is 430 g/mol. The van der Waals surface area contributed by atoms with E-state index in [1.807, 2.05) is 12.1 Å². The SMILES string of the molecule is CC1(c2ccc(N)cc2)NC(=O)N(c2ccccc2)N1C(=NO)C(=NO)c1ccccc1. The van der Waals surface area contributed by atoms with Gasteiger partial charge in [-0.05, 0) is 36.8 Å². The first-order valence-electron chi connectivity index (χ1n) is 9.83. The second kappa shape index (κ2) is 8.31. The molecule has 9 heteroatoms. The van der Waals surface area contributed by atoms with Crippen LogP contribution >= 0.6 is 0 Å². The number of para-hydroxylation sites is 1. The molecule has 162 valence electrons. The molecule has 1 unspecified atom stereocenters. The Morgan fingerprint density at radius 2 is 1.50 bits per heavy atom. The zero-order valence-electron chi connectivity index (χ0n) is 17.3. The average Bonchev–Trinajstić information content (AvgIpc) is 3.09. The zero-order valence-corrected chi connectivity index (χ0v) is 17.3. The molecule has 0 radical (unpaired) electrons. The standard InChI is InChI=1S/C23H22N6O3/c1-23(17-12-14-18(24)15-13-17)25-22(30)28(19-10-6-3-7-11-19)29(23)21(27-32)20(26-31)16-8-4-2-5-9-16/h2-15,31-32H,24H2,1H3,(H,25,30). The maximum Gasteiger partial charge on any atom is 0.343 e. The van der Waals surface area contributed by atoms with Crippen LogP contribution in [0.2, 0.25) is 0 Å². The van der Waals surface area contributed by atoms with E-state index in [0.717, 1.165) is 0 Å². The third kappa shape index (κ3) is 3.45. The molecule has 2 amide bonds. The molecule has 1 heterocycles. The minimum absolute atomic E-state index is 0.0211. The molecule has 0 spiro atoms. The molecule has 3 aromatic rings. The number of carbonyl (C=O) groups is 1. The van der Waals surface area contributed by atoms with Crippen molar-refractivity contribution in [3.8, 4) is 0 Å². The van der Waals surface area contributed by atoms with E-state index in [4.69, 9.17) is 5.73 Å². The van der Waals surface area contributed by atoms with Crippen LogP contribution in [-0.4, -0.2) is 33.0 Å². The summed E-state index contributed by atoms with van der Waals surface area (Å²) < 4.78 is 0. The predicted octanol–water partition coefficient (Wildman–Crippen LogP) is 3.55. The number of hydrogen-bond donors (Lipinski definition) is 4. The molecule has 0 bridgehead atoms. The topological polar surface area (TPSA) is 127 Å². The predicted molar refractivity (Wildman–Crippen MR) is 121 cm³/mol. The van der Waals surface area contributed by atoms with Crippen molar-refractivity contribution in [3.63, 3.8) is 0 Å². The zero-order chi connectivity index (χ0) is 22.7. The quantitative estimate of drug-likeness (QED) is 0.166. The highest BCUT2D eigenvalue weighted by Gasteiger charge is 2.51. The maximum absolute atomic E-state index is 13.2. The highest BCUT2D eigenvalue weighted by molar-refractivity contribution is 6.47. The summed E-state index contributed by atoms with van der Waals surface area (Å²) >= 11 is 0. The normalized spacial score (nSPS) is 19.2. The molecule has 0 aliphatic carbocycles. The molecule has 3 aromatic carbocycles. The van der Waals surface area contributed by atoms with Crippen molar-refractivity contribution >= 4 is 29.0 Å². The molecule has 9 nitrogen and oxygen atoms in total. The molecule has 0 saturated carbocycles. The number of nitrogens with two attached hydrogens (primary N) is 1. The number of benzene rings is 3. The number of hydrogen-bond acceptors (Lipinski definition) is 6. The van der Waals surface area contributed by atoms with Crippen LogP contribution in [0.1, 0.15) is 18.1 Å². The fraction of sp³-hybridized carbons (Fsp3) is 0.0870. The van der Waals surface area contributed by atoms with Gasteiger partial charge < -0.3 is 21.5 Å². The molecule has 32 heavy (non-hydrogen) atoms. The highest BCUT2D eigenvalue weighted by Crippen LogP contribution is 2.36. The van der Waals surface area contributed by atoms with E-state index in [9.17, 15) is 15.2 Å². The second-order valence-electron chi connectivity index (χ2n) is 7.32. The summed E-state index contributed by atoms with van der Waals surface area (Å²) in [5, 5.41) is 32.6. The number of oxime groups is 2. The summed E-state index contributed by atoms with van der Waals surface area (Å²) in [5.74, 6) is -0.139. The van der Waals surface area contributed by atoms with Gasteiger partial charge in [-0.15, -0.1) is 0 Å². The average molecular weight is 430 g/mol. The maximum atomic E-state index is 13.2. The van der Waals surface area contributed by atoms with Crippen molar-refractivity contribution in [2.24, 2.45) is 10.3 Å². The molecule has 1 aliphatic rings. The molecule has 1 atom stereocenters. The highest BCUT2D eigenvalue weighted by atomic mass is 16.4. The lowest BCUT2D eigenvalue weighted by Gasteiger charge is -2.39. The number of hydrazine groups is 1. The van der Waals surface area contributed by atoms with Crippen LogP contribution in [0.4, 0.5) is 16.2 Å². The third-order valence-corrected chi connectivity index (χ3v) is 5.29. The Kier molecular flexibility index (Phi) is 5.38. The minimum atomic E-state index is -1.20. The molecule has 1 fully saturated rings. The number of amidine groups is 1. The Balaban J connectivity index is 1.92. The number of amides is 2. The van der Waals surface area contributed by atoms with E-state index in [1.165, 1.54) is 10.0 Å². The van der Waals surface area contributed by atoms with Gasteiger partial charge in [-0.2, -0.15) is 5.01 Å². The van der Waals surface area contributed by atoms with Crippen LogP contribution in [-0.2, 0) is 5.66 Å². The van der Waals surface area contributed by atoms with Gasteiger partial charge in [-0.1, -0.05) is 71.0 Å². The van der Waals surface area contributed by atoms with Gasteiger partial charge in [-0.25, -0.2) is 9.80 Å². The van der Waals surface area contributed by atoms with E-state index in [1.54, 1.807) is 79.7 Å². The van der Waals surface area contributed by atoms with Gasteiger partial charge in [0.2, 0.25) is 5.84 Å². The van der Waals surface area contributed by atoms with Crippen LogP contribution in [0.25, 0.3) is 0 Å². The van der Waals surface area contributed by atoms with Gasteiger partial charge in [0.15, 0.2) is 11.4 Å². The van der Waals surface area contributed by atoms with E-state index in [2.05, 4.69) is 15.6 Å². The third-order valence-electron chi connectivity index (χ3n) is 5.29. The summed E-state index contributed by atoms with van der Waals surface area (Å²) in [4.78, 5) is 13.2. The molecular formula is C23H22N6O3. The van der Waals surface area contributed by atoms with Crippen molar-refractivity contribution in [2.75, 3.05) is 10.7 Å². The Morgan fingerprint density at radius 3 is 2.06 bits per heavy atom. The first kappa shape index (κ1) is 20.7. The van der Waals surface area contributed by atoms with E-state index in [0.29, 0.717) is 22.5 Å². The first-order chi connectivity index (χ1) is 15.5. The van der Waals surface area contributed by atoms with Crippen LogP contribution in [0, 0.1) is 0 Å². The van der Waals surface area contributed by atoms with Gasteiger partial charge in [0.05, 0.1) is 5.69 Å². The van der Waals surface area contributed by atoms with Gasteiger partial charge in [0, 0.05) is 11.3 Å². The number of rotatable bonds is 4. The molecular weight excluding hydrogens is 408 g/mol. The first-order valence-corrected chi connectivity index (χ1v) is 9.83. The molecule has 0 aromatic heterocycles. The van der Waals surface area contributed by atoms with Crippen molar-refractivity contribution in [2.45, 2.75) is 12.6 Å². The van der Waals surface area contributed by atoms with Crippen molar-refractivity contribution in [3.05, 3.63) is 96.1 Å². The van der Waals surface area contributed by atoms with Crippen LogP contribution in [0.3, 0.4) is 0 Å². The fourth-order valence-corrected chi connectivity index (χ4v) is 3.73. The number of anilines is 2. The Labute approximate surface area is 184 Å². The summed E-state index contributed by atoms with van der Waals surface area (Å²) in [6, 6.07) is 24.1. The lowest BCUT2D eigenvalue weighted by Crippen LogP contribution is -2.55. The fourth-order valence-electron chi connectivity index (χ4n) is 3.73. The van der Waals surface area contributed by atoms with Crippen LogP contribution in [0.5, 0.6) is 0 Å². The summed E-state index contributed by atoms with van der Waals surface area (Å²) in [7, 11) is 0. The number of nitrogens with one attached hydrogen (secondary N) is 1. The van der Waals surface area contributed by atoms with E-state index in [-0.39, 0.29) is 11.5 Å². The van der Waals surface area contributed by atoms with Gasteiger partial charge in [0.25, 0.3) is 0 Å². The van der Waals surface area contributed by atoms with Gasteiger partial charge >= 0.3 is 6.03 Å². The van der Waals surface area contributed by atoms with Crippen LogP contribution in [0.15, 0.2) is 95.2 Å². The van der Waals surface area contributed by atoms with Crippen molar-refractivity contribution < 1.29 is 15.2 Å². The van der Waals surface area contributed by atoms with E-state index < -0.39 is 11.7 Å².